The van der Waals surface area contributed by atoms with E-state index in [0.717, 1.165) is 12.1 Å². The number of hydrogen-bond acceptors (Lipinski definition) is 3. The Labute approximate surface area is 157 Å². The number of ether oxygens (including phenoxy) is 1. The lowest BCUT2D eigenvalue weighted by Gasteiger charge is -2.18. The zero-order chi connectivity index (χ0) is 20.5. The number of nitrogens with one attached hydrogen (secondary N) is 1. The van der Waals surface area contributed by atoms with Crippen molar-refractivity contribution < 1.29 is 32.2 Å². The zero-order valence-electron chi connectivity index (χ0n) is 14.8. The number of carbonyl (C=O) groups is 1. The van der Waals surface area contributed by atoms with E-state index < -0.39 is 29.4 Å². The van der Waals surface area contributed by atoms with Crippen LogP contribution < -0.4 is 0 Å². The first-order chi connectivity index (χ1) is 13.2. The van der Waals surface area contributed by atoms with Crippen LogP contribution in [0.5, 0.6) is 5.75 Å². The quantitative estimate of drug-likeness (QED) is 0.466. The minimum Gasteiger partial charge on any atom is -0.508 e. The van der Waals surface area contributed by atoms with Gasteiger partial charge in [-0.25, -0.2) is 4.39 Å². The Bertz CT molecular complexity index is 1010. The molecule has 0 aliphatic rings. The molecule has 0 spiro atoms. The SMILES string of the molecule is CCOC(=O)CC(c1ccc(C(F)(F)F)c(F)c1)c1c[nH]c2cc(O)ccc12. The second kappa shape index (κ2) is 7.53. The van der Waals surface area contributed by atoms with Crippen molar-refractivity contribution in [3.63, 3.8) is 0 Å². The Morgan fingerprint density at radius 2 is 1.96 bits per heavy atom. The van der Waals surface area contributed by atoms with Crippen molar-refractivity contribution in [2.75, 3.05) is 6.61 Å². The molecule has 0 fully saturated rings. The number of rotatable bonds is 5. The van der Waals surface area contributed by atoms with Gasteiger partial charge in [0.1, 0.15) is 11.6 Å². The number of aromatic nitrogens is 1. The van der Waals surface area contributed by atoms with Gasteiger partial charge in [0, 0.05) is 29.1 Å². The molecule has 2 aromatic carbocycles. The first-order valence-electron chi connectivity index (χ1n) is 8.53. The molecule has 148 valence electrons. The van der Waals surface area contributed by atoms with Crippen molar-refractivity contribution in [3.8, 4) is 5.75 Å². The standard InChI is InChI=1S/C20H17F4NO3/c1-2-28-19(27)9-14(11-3-6-16(17(21)7-11)20(22,23)24)15-10-25-18-8-12(26)4-5-13(15)18/h3-8,10,14,25-26H,2,9H2,1H3. The predicted molar refractivity (Wildman–Crippen MR) is 94.5 cm³/mol. The number of alkyl halides is 3. The van der Waals surface area contributed by atoms with Gasteiger partial charge in [-0.15, -0.1) is 0 Å². The third-order valence-corrected chi connectivity index (χ3v) is 4.45. The van der Waals surface area contributed by atoms with Gasteiger partial charge in [0.15, 0.2) is 0 Å². The lowest BCUT2D eigenvalue weighted by atomic mass is 9.87. The number of halogens is 4. The molecule has 28 heavy (non-hydrogen) atoms. The normalized spacial score (nSPS) is 12.9. The van der Waals surface area contributed by atoms with Gasteiger partial charge < -0.3 is 14.8 Å². The minimum atomic E-state index is -4.81. The molecular formula is C20H17F4NO3. The van der Waals surface area contributed by atoms with Crippen LogP contribution >= 0.6 is 0 Å². The Morgan fingerprint density at radius 1 is 1.21 bits per heavy atom. The highest BCUT2D eigenvalue weighted by atomic mass is 19.4. The third kappa shape index (κ3) is 3.95. The van der Waals surface area contributed by atoms with Crippen molar-refractivity contribution in [2.45, 2.75) is 25.4 Å². The summed E-state index contributed by atoms with van der Waals surface area (Å²) >= 11 is 0. The van der Waals surface area contributed by atoms with Gasteiger partial charge in [0.05, 0.1) is 18.6 Å². The summed E-state index contributed by atoms with van der Waals surface area (Å²) in [5.41, 5.74) is 0.0148. The van der Waals surface area contributed by atoms with Gasteiger partial charge in [0.25, 0.3) is 0 Å². The summed E-state index contributed by atoms with van der Waals surface area (Å²) in [5, 5.41) is 10.3. The number of aromatic amines is 1. The van der Waals surface area contributed by atoms with Crippen LogP contribution in [0.1, 0.15) is 36.0 Å². The van der Waals surface area contributed by atoms with Crippen LogP contribution in [0.2, 0.25) is 0 Å². The summed E-state index contributed by atoms with van der Waals surface area (Å²) < 4.78 is 57.7. The van der Waals surface area contributed by atoms with E-state index in [1.165, 1.54) is 12.1 Å². The van der Waals surface area contributed by atoms with E-state index in [1.807, 2.05) is 0 Å². The van der Waals surface area contributed by atoms with Crippen LogP contribution in [0.15, 0.2) is 42.6 Å². The molecule has 1 atom stereocenters. The number of carbonyl (C=O) groups excluding carboxylic acids is 1. The van der Waals surface area contributed by atoms with E-state index in [2.05, 4.69) is 4.98 Å². The topological polar surface area (TPSA) is 62.3 Å². The molecule has 0 radical (unpaired) electrons. The lowest BCUT2D eigenvalue weighted by Crippen LogP contribution is -2.13. The summed E-state index contributed by atoms with van der Waals surface area (Å²) in [6.07, 6.45) is -3.40. The molecule has 0 saturated heterocycles. The second-order valence-electron chi connectivity index (χ2n) is 6.27. The largest absolute Gasteiger partial charge is 0.508 e. The van der Waals surface area contributed by atoms with Crippen molar-refractivity contribution in [1.29, 1.82) is 0 Å². The molecule has 0 saturated carbocycles. The number of H-pyrrole nitrogens is 1. The molecule has 0 amide bonds. The summed E-state index contributed by atoms with van der Waals surface area (Å²) in [6, 6.07) is 7.18. The average molecular weight is 395 g/mol. The van der Waals surface area contributed by atoms with E-state index in [9.17, 15) is 27.5 Å². The maximum Gasteiger partial charge on any atom is 0.419 e. The first kappa shape index (κ1) is 19.7. The number of hydrogen-bond donors (Lipinski definition) is 2. The van der Waals surface area contributed by atoms with E-state index >= 15 is 0 Å². The smallest absolute Gasteiger partial charge is 0.419 e. The Kier molecular flexibility index (Phi) is 5.31. The van der Waals surface area contributed by atoms with Crippen LogP contribution in [0.3, 0.4) is 0 Å². The monoisotopic (exact) mass is 395 g/mol. The van der Waals surface area contributed by atoms with Gasteiger partial charge in [-0.05, 0) is 42.3 Å². The second-order valence-corrected chi connectivity index (χ2v) is 6.27. The summed E-state index contributed by atoms with van der Waals surface area (Å²) in [5.74, 6) is -2.66. The lowest BCUT2D eigenvalue weighted by molar-refractivity contribution is -0.143. The van der Waals surface area contributed by atoms with E-state index in [4.69, 9.17) is 4.74 Å². The van der Waals surface area contributed by atoms with Crippen molar-refractivity contribution in [3.05, 3.63) is 65.1 Å². The highest BCUT2D eigenvalue weighted by Gasteiger charge is 2.34. The van der Waals surface area contributed by atoms with E-state index in [1.54, 1.807) is 19.2 Å². The maximum absolute atomic E-state index is 14.1. The number of esters is 1. The summed E-state index contributed by atoms with van der Waals surface area (Å²) in [6.45, 7) is 1.79. The van der Waals surface area contributed by atoms with Crippen LogP contribution in [-0.4, -0.2) is 22.7 Å². The number of phenols is 1. The Morgan fingerprint density at radius 3 is 2.61 bits per heavy atom. The molecule has 0 bridgehead atoms. The molecule has 1 heterocycles. The highest BCUT2D eigenvalue weighted by molar-refractivity contribution is 5.86. The van der Waals surface area contributed by atoms with Crippen molar-refractivity contribution >= 4 is 16.9 Å². The fourth-order valence-electron chi connectivity index (χ4n) is 3.20. The number of phenolic OH excluding ortho intramolecular Hbond substituents is 1. The Hall–Kier alpha value is -3.03. The number of fused-ring (bicyclic) bond motifs is 1. The molecule has 0 aliphatic carbocycles. The van der Waals surface area contributed by atoms with Crippen LogP contribution in [0, 0.1) is 5.82 Å². The molecule has 3 rings (SSSR count). The fraction of sp³-hybridized carbons (Fsp3) is 0.250. The number of benzene rings is 2. The van der Waals surface area contributed by atoms with E-state index in [0.29, 0.717) is 22.5 Å². The third-order valence-electron chi connectivity index (χ3n) is 4.45. The predicted octanol–water partition coefficient (Wildman–Crippen LogP) is 5.12. The molecule has 4 nitrogen and oxygen atoms in total. The van der Waals surface area contributed by atoms with E-state index in [-0.39, 0.29) is 24.3 Å². The number of aromatic hydroxyl groups is 1. The van der Waals surface area contributed by atoms with Crippen molar-refractivity contribution in [2.24, 2.45) is 0 Å². The molecule has 1 unspecified atom stereocenters. The van der Waals surface area contributed by atoms with Gasteiger partial charge in [-0.1, -0.05) is 6.07 Å². The average Bonchev–Trinajstić information content (AvgIpc) is 3.01. The van der Waals surface area contributed by atoms with Crippen LogP contribution in [-0.2, 0) is 15.7 Å². The Balaban J connectivity index is 2.09. The van der Waals surface area contributed by atoms with Gasteiger partial charge in [-0.3, -0.25) is 4.79 Å². The zero-order valence-corrected chi connectivity index (χ0v) is 14.8. The molecule has 0 aliphatic heterocycles. The maximum atomic E-state index is 14.1. The summed E-state index contributed by atoms with van der Waals surface area (Å²) in [7, 11) is 0. The molecule has 1 aromatic heterocycles. The van der Waals surface area contributed by atoms with Gasteiger partial charge >= 0.3 is 12.1 Å². The first-order valence-corrected chi connectivity index (χ1v) is 8.53. The van der Waals surface area contributed by atoms with Gasteiger partial charge in [-0.2, -0.15) is 13.2 Å². The summed E-state index contributed by atoms with van der Waals surface area (Å²) in [4.78, 5) is 15.0. The molecular weight excluding hydrogens is 378 g/mol. The molecule has 3 aromatic rings. The minimum absolute atomic E-state index is 0.0309. The fourth-order valence-corrected chi connectivity index (χ4v) is 3.20. The van der Waals surface area contributed by atoms with Crippen LogP contribution in [0.4, 0.5) is 17.6 Å². The van der Waals surface area contributed by atoms with Crippen molar-refractivity contribution in [1.82, 2.24) is 4.98 Å². The van der Waals surface area contributed by atoms with Crippen LogP contribution in [0.25, 0.3) is 10.9 Å². The molecule has 2 N–H and O–H groups in total. The highest BCUT2D eigenvalue weighted by Crippen LogP contribution is 2.37. The van der Waals surface area contributed by atoms with Gasteiger partial charge in [0.2, 0.25) is 0 Å². The molecule has 8 heteroatoms.